The molecule has 2 amide bonds. The molecule has 0 aliphatic heterocycles. The molecule has 1 heterocycles. The molecule has 4 nitrogen and oxygen atoms in total. The van der Waals surface area contributed by atoms with Gasteiger partial charge in [0, 0.05) is 16.9 Å². The molecule has 0 atom stereocenters. The second kappa shape index (κ2) is 6.97. The summed E-state index contributed by atoms with van der Waals surface area (Å²) in [6, 6.07) is 6.57. The summed E-state index contributed by atoms with van der Waals surface area (Å²) in [5, 5.41) is 6.15. The summed E-state index contributed by atoms with van der Waals surface area (Å²) in [7, 11) is 0. The van der Waals surface area contributed by atoms with Crippen molar-refractivity contribution in [3.05, 3.63) is 45.9 Å². The van der Waals surface area contributed by atoms with Crippen molar-refractivity contribution in [2.45, 2.75) is 12.6 Å². The third-order valence-electron chi connectivity index (χ3n) is 2.60. The summed E-state index contributed by atoms with van der Waals surface area (Å²) in [5.74, 6) is 0. The van der Waals surface area contributed by atoms with Crippen LogP contribution in [0.3, 0.4) is 0 Å². The zero-order chi connectivity index (χ0) is 16.2. The minimum atomic E-state index is -4.51. The number of nitrogens with zero attached hydrogens (tertiary/aromatic N) is 1. The van der Waals surface area contributed by atoms with Crippen molar-refractivity contribution >= 4 is 34.1 Å². The number of hydrogen-bond acceptors (Lipinski definition) is 3. The number of urea groups is 1. The van der Waals surface area contributed by atoms with Crippen LogP contribution in [0.15, 0.2) is 29.6 Å². The zero-order valence-corrected chi connectivity index (χ0v) is 12.6. The number of alkyl halides is 3. The van der Waals surface area contributed by atoms with Crippen LogP contribution in [0.1, 0.15) is 11.3 Å². The highest BCUT2D eigenvalue weighted by molar-refractivity contribution is 7.13. The van der Waals surface area contributed by atoms with E-state index in [4.69, 9.17) is 11.6 Å². The van der Waals surface area contributed by atoms with E-state index in [1.165, 1.54) is 0 Å². The quantitative estimate of drug-likeness (QED) is 0.870. The van der Waals surface area contributed by atoms with Crippen molar-refractivity contribution < 1.29 is 18.0 Å². The SMILES string of the molecule is O=C(NCCc1cccc(Cl)c1)Nc1nc(C(F)(F)F)cs1. The summed E-state index contributed by atoms with van der Waals surface area (Å²) in [6.45, 7) is 0.323. The molecule has 0 radical (unpaired) electrons. The topological polar surface area (TPSA) is 54.0 Å². The lowest BCUT2D eigenvalue weighted by Crippen LogP contribution is -2.30. The first-order valence-electron chi connectivity index (χ1n) is 6.16. The molecule has 0 aliphatic rings. The molecule has 2 rings (SSSR count). The number of amides is 2. The predicted octanol–water partition coefficient (Wildman–Crippen LogP) is 4.18. The predicted molar refractivity (Wildman–Crippen MR) is 79.3 cm³/mol. The molecule has 1 aromatic carbocycles. The summed E-state index contributed by atoms with van der Waals surface area (Å²) < 4.78 is 37.1. The Morgan fingerprint density at radius 3 is 2.77 bits per heavy atom. The number of benzene rings is 1. The Bertz CT molecular complexity index is 660. The van der Waals surface area contributed by atoms with E-state index in [0.717, 1.165) is 10.9 Å². The third kappa shape index (κ3) is 4.88. The minimum absolute atomic E-state index is 0.104. The maximum absolute atomic E-state index is 12.4. The molecule has 0 unspecified atom stereocenters. The monoisotopic (exact) mass is 349 g/mol. The first-order chi connectivity index (χ1) is 10.3. The van der Waals surface area contributed by atoms with Crippen LogP contribution in [0.2, 0.25) is 5.02 Å². The Morgan fingerprint density at radius 2 is 2.14 bits per heavy atom. The fourth-order valence-corrected chi connectivity index (χ4v) is 2.54. The van der Waals surface area contributed by atoms with Gasteiger partial charge in [-0.25, -0.2) is 9.78 Å². The fraction of sp³-hybridized carbons (Fsp3) is 0.231. The van der Waals surface area contributed by atoms with Gasteiger partial charge in [0.25, 0.3) is 0 Å². The van der Waals surface area contributed by atoms with Crippen LogP contribution in [0.25, 0.3) is 0 Å². The standard InChI is InChI=1S/C13H11ClF3N3OS/c14-9-3-1-2-8(6-9)4-5-18-11(21)20-12-19-10(7-22-12)13(15,16)17/h1-3,6-7H,4-5H2,(H2,18,19,20,21). The van der Waals surface area contributed by atoms with Gasteiger partial charge in [0.1, 0.15) is 0 Å². The van der Waals surface area contributed by atoms with E-state index >= 15 is 0 Å². The van der Waals surface area contributed by atoms with Gasteiger partial charge in [-0.15, -0.1) is 11.3 Å². The summed E-state index contributed by atoms with van der Waals surface area (Å²) >= 11 is 6.55. The number of halogens is 4. The molecule has 0 fully saturated rings. The van der Waals surface area contributed by atoms with E-state index in [1.54, 1.807) is 18.2 Å². The lowest BCUT2D eigenvalue weighted by molar-refractivity contribution is -0.140. The Hall–Kier alpha value is -1.80. The number of carbonyl (C=O) groups is 1. The zero-order valence-electron chi connectivity index (χ0n) is 11.1. The molecule has 118 valence electrons. The Labute approximate surface area is 133 Å². The van der Waals surface area contributed by atoms with Gasteiger partial charge in [0.15, 0.2) is 10.8 Å². The Morgan fingerprint density at radius 1 is 1.36 bits per heavy atom. The van der Waals surface area contributed by atoms with E-state index in [-0.39, 0.29) is 5.13 Å². The number of hydrogen-bond donors (Lipinski definition) is 2. The average Bonchev–Trinajstić information content (AvgIpc) is 2.87. The van der Waals surface area contributed by atoms with Crippen LogP contribution < -0.4 is 10.6 Å². The van der Waals surface area contributed by atoms with Gasteiger partial charge in [-0.3, -0.25) is 5.32 Å². The Kier molecular flexibility index (Phi) is 5.25. The van der Waals surface area contributed by atoms with Crippen LogP contribution in [-0.2, 0) is 12.6 Å². The van der Waals surface area contributed by atoms with Crippen LogP contribution >= 0.6 is 22.9 Å². The number of thiazole rings is 1. The number of anilines is 1. The number of carbonyl (C=O) groups excluding carboxylic acids is 1. The molecular weight excluding hydrogens is 339 g/mol. The van der Waals surface area contributed by atoms with Crippen LogP contribution in [0, 0.1) is 0 Å². The molecule has 2 N–H and O–H groups in total. The van der Waals surface area contributed by atoms with E-state index in [0.29, 0.717) is 29.3 Å². The van der Waals surface area contributed by atoms with Gasteiger partial charge in [-0.1, -0.05) is 23.7 Å². The fourth-order valence-electron chi connectivity index (χ4n) is 1.62. The molecule has 2 aromatic rings. The second-order valence-electron chi connectivity index (χ2n) is 4.30. The lowest BCUT2D eigenvalue weighted by atomic mass is 10.1. The lowest BCUT2D eigenvalue weighted by Gasteiger charge is -2.06. The van der Waals surface area contributed by atoms with Gasteiger partial charge in [0.05, 0.1) is 0 Å². The molecule has 0 bridgehead atoms. The summed E-state index contributed by atoms with van der Waals surface area (Å²) in [4.78, 5) is 14.9. The van der Waals surface area contributed by atoms with Crippen LogP contribution in [0.5, 0.6) is 0 Å². The van der Waals surface area contributed by atoms with Gasteiger partial charge in [-0.05, 0) is 24.1 Å². The van der Waals surface area contributed by atoms with Crippen molar-refractivity contribution in [3.8, 4) is 0 Å². The molecule has 0 saturated heterocycles. The van der Waals surface area contributed by atoms with Crippen LogP contribution in [0.4, 0.5) is 23.1 Å². The van der Waals surface area contributed by atoms with Gasteiger partial charge >= 0.3 is 12.2 Å². The highest BCUT2D eigenvalue weighted by Crippen LogP contribution is 2.31. The normalized spacial score (nSPS) is 11.3. The molecular formula is C13H11ClF3N3OS. The highest BCUT2D eigenvalue weighted by atomic mass is 35.5. The smallest absolute Gasteiger partial charge is 0.337 e. The summed E-state index contributed by atoms with van der Waals surface area (Å²) in [5.41, 5.74) is -0.0758. The molecule has 0 spiro atoms. The average molecular weight is 350 g/mol. The maximum atomic E-state index is 12.4. The highest BCUT2D eigenvalue weighted by Gasteiger charge is 2.33. The number of rotatable bonds is 4. The third-order valence-corrected chi connectivity index (χ3v) is 3.60. The molecule has 1 aromatic heterocycles. The molecule has 22 heavy (non-hydrogen) atoms. The van der Waals surface area contributed by atoms with Gasteiger partial charge in [0.2, 0.25) is 0 Å². The summed E-state index contributed by atoms with van der Waals surface area (Å²) in [6.07, 6.45) is -3.96. The van der Waals surface area contributed by atoms with Crippen molar-refractivity contribution in [1.29, 1.82) is 0 Å². The van der Waals surface area contributed by atoms with Crippen molar-refractivity contribution in [1.82, 2.24) is 10.3 Å². The minimum Gasteiger partial charge on any atom is -0.337 e. The van der Waals surface area contributed by atoms with E-state index in [9.17, 15) is 18.0 Å². The van der Waals surface area contributed by atoms with E-state index in [1.807, 2.05) is 6.07 Å². The van der Waals surface area contributed by atoms with E-state index in [2.05, 4.69) is 15.6 Å². The number of aromatic nitrogens is 1. The van der Waals surface area contributed by atoms with Gasteiger partial charge in [-0.2, -0.15) is 13.2 Å². The van der Waals surface area contributed by atoms with Crippen molar-refractivity contribution in [3.63, 3.8) is 0 Å². The molecule has 0 aliphatic carbocycles. The Balaban J connectivity index is 1.80. The van der Waals surface area contributed by atoms with Crippen molar-refractivity contribution in [2.24, 2.45) is 0 Å². The number of nitrogens with one attached hydrogen (secondary N) is 2. The first kappa shape index (κ1) is 16.6. The largest absolute Gasteiger partial charge is 0.434 e. The molecule has 9 heteroatoms. The molecule has 0 saturated carbocycles. The first-order valence-corrected chi connectivity index (χ1v) is 7.42. The van der Waals surface area contributed by atoms with E-state index < -0.39 is 17.9 Å². The second-order valence-corrected chi connectivity index (χ2v) is 5.59. The maximum Gasteiger partial charge on any atom is 0.434 e. The van der Waals surface area contributed by atoms with Crippen molar-refractivity contribution in [2.75, 3.05) is 11.9 Å². The van der Waals surface area contributed by atoms with Gasteiger partial charge < -0.3 is 5.32 Å². The van der Waals surface area contributed by atoms with Crippen LogP contribution in [-0.4, -0.2) is 17.6 Å².